The molecule has 0 radical (unpaired) electrons. The summed E-state index contributed by atoms with van der Waals surface area (Å²) in [4.78, 5) is 25.0. The van der Waals surface area contributed by atoms with Crippen LogP contribution in [-0.4, -0.2) is 59.2 Å². The van der Waals surface area contributed by atoms with E-state index in [1.54, 1.807) is 0 Å². The van der Waals surface area contributed by atoms with Gasteiger partial charge >= 0.3 is 0 Å². The van der Waals surface area contributed by atoms with E-state index in [2.05, 4.69) is 20.2 Å². The van der Waals surface area contributed by atoms with Gasteiger partial charge in [-0.3, -0.25) is 14.7 Å². The van der Waals surface area contributed by atoms with Crippen molar-refractivity contribution in [3.05, 3.63) is 40.7 Å². The molecule has 1 aliphatic carbocycles. The second-order valence-electron chi connectivity index (χ2n) is 9.16. The van der Waals surface area contributed by atoms with Crippen LogP contribution in [0.2, 0.25) is 0 Å². The number of rotatable bonds is 5. The molecular formula is C22H26F3N5OS. The fourth-order valence-electron chi connectivity index (χ4n) is 4.93. The first-order valence-corrected chi connectivity index (χ1v) is 11.9. The quantitative estimate of drug-likeness (QED) is 0.732. The number of piperidine rings is 2. The summed E-state index contributed by atoms with van der Waals surface area (Å²) in [5.74, 6) is -2.01. The lowest BCUT2D eigenvalue weighted by atomic mass is 9.91. The molecule has 32 heavy (non-hydrogen) atoms. The fraction of sp³-hybridized carbons (Fsp3) is 0.591. The summed E-state index contributed by atoms with van der Waals surface area (Å²) in [6, 6.07) is 0.690. The molecule has 2 aromatic heterocycles. The Kier molecular flexibility index (Phi) is 5.83. The molecule has 172 valence electrons. The zero-order chi connectivity index (χ0) is 22.3. The maximum atomic E-state index is 15.1. The molecule has 2 atom stereocenters. The molecule has 1 amide bonds. The van der Waals surface area contributed by atoms with Crippen molar-refractivity contribution in [1.82, 2.24) is 20.2 Å². The predicted octanol–water partition coefficient (Wildman–Crippen LogP) is 3.54. The minimum atomic E-state index is -0.952. The summed E-state index contributed by atoms with van der Waals surface area (Å²) < 4.78 is 41.8. The average Bonchev–Trinajstić information content (AvgIpc) is 3.32. The highest BCUT2D eigenvalue weighted by Crippen LogP contribution is 2.52. The third-order valence-electron chi connectivity index (χ3n) is 6.91. The summed E-state index contributed by atoms with van der Waals surface area (Å²) in [7, 11) is 0. The number of nitrogens with zero attached hydrogens (tertiary/aromatic N) is 4. The van der Waals surface area contributed by atoms with Crippen LogP contribution in [0.1, 0.15) is 47.5 Å². The highest BCUT2D eigenvalue weighted by atomic mass is 32.1. The Morgan fingerprint density at radius 2 is 2.06 bits per heavy atom. The number of anilines is 1. The van der Waals surface area contributed by atoms with Crippen LogP contribution in [0.5, 0.6) is 0 Å². The average molecular weight is 466 g/mol. The zero-order valence-corrected chi connectivity index (χ0v) is 18.5. The molecule has 1 saturated carbocycles. The number of carbonyl (C=O) groups excluding carboxylic acids is 1. The van der Waals surface area contributed by atoms with Crippen LogP contribution in [0.4, 0.5) is 18.3 Å². The summed E-state index contributed by atoms with van der Waals surface area (Å²) in [6.45, 7) is 2.83. The van der Waals surface area contributed by atoms with Gasteiger partial charge in [0.05, 0.1) is 31.2 Å². The van der Waals surface area contributed by atoms with E-state index in [0.29, 0.717) is 22.0 Å². The number of hydrogen-bond donors (Lipinski definition) is 1. The topological polar surface area (TPSA) is 61.4 Å². The van der Waals surface area contributed by atoms with Crippen LogP contribution in [-0.2, 0) is 6.54 Å². The van der Waals surface area contributed by atoms with Gasteiger partial charge < -0.3 is 10.2 Å². The SMILES string of the molecule is O=C(NCc1ncc(F)cc1F)c1cnc(N2CCC(N3CCCC4(CC4)C3)C(F)C2)s1. The third kappa shape index (κ3) is 4.47. The van der Waals surface area contributed by atoms with Gasteiger partial charge in [0.1, 0.15) is 22.7 Å². The van der Waals surface area contributed by atoms with E-state index < -0.39 is 23.7 Å². The number of halogens is 3. The van der Waals surface area contributed by atoms with Crippen molar-refractivity contribution in [3.8, 4) is 0 Å². The molecule has 1 spiro atoms. The van der Waals surface area contributed by atoms with Crippen LogP contribution in [0.15, 0.2) is 18.5 Å². The monoisotopic (exact) mass is 465 g/mol. The molecule has 6 nitrogen and oxygen atoms in total. The Morgan fingerprint density at radius 1 is 1.22 bits per heavy atom. The Labute approximate surface area is 188 Å². The molecule has 4 heterocycles. The minimum absolute atomic E-state index is 0.0372. The molecule has 2 unspecified atom stereocenters. The fourth-order valence-corrected chi connectivity index (χ4v) is 5.80. The van der Waals surface area contributed by atoms with E-state index in [-0.39, 0.29) is 24.8 Å². The molecule has 1 N–H and O–H groups in total. The normalized spacial score (nSPS) is 25.2. The Morgan fingerprint density at radius 3 is 2.81 bits per heavy atom. The molecule has 2 saturated heterocycles. The van der Waals surface area contributed by atoms with E-state index in [1.165, 1.54) is 36.8 Å². The zero-order valence-electron chi connectivity index (χ0n) is 17.7. The lowest BCUT2D eigenvalue weighted by molar-refractivity contribution is 0.0496. The Bertz CT molecular complexity index is 998. The second kappa shape index (κ2) is 8.62. The van der Waals surface area contributed by atoms with Crippen molar-refractivity contribution in [2.24, 2.45) is 5.41 Å². The predicted molar refractivity (Wildman–Crippen MR) is 115 cm³/mol. The van der Waals surface area contributed by atoms with E-state index >= 15 is 4.39 Å². The number of carbonyl (C=O) groups is 1. The van der Waals surface area contributed by atoms with Gasteiger partial charge in [-0.05, 0) is 44.1 Å². The summed E-state index contributed by atoms with van der Waals surface area (Å²) in [5, 5.41) is 3.18. The first-order valence-electron chi connectivity index (χ1n) is 11.1. The molecule has 2 aliphatic heterocycles. The van der Waals surface area contributed by atoms with Crippen LogP contribution in [0.25, 0.3) is 0 Å². The van der Waals surface area contributed by atoms with Gasteiger partial charge in [-0.25, -0.2) is 18.2 Å². The van der Waals surface area contributed by atoms with Gasteiger partial charge in [0, 0.05) is 25.2 Å². The van der Waals surface area contributed by atoms with Gasteiger partial charge in [-0.1, -0.05) is 11.3 Å². The number of thiazole rings is 1. The Balaban J connectivity index is 1.16. The number of aromatic nitrogens is 2. The lowest BCUT2D eigenvalue weighted by Crippen LogP contribution is -2.55. The maximum Gasteiger partial charge on any atom is 0.263 e. The van der Waals surface area contributed by atoms with Crippen molar-refractivity contribution < 1.29 is 18.0 Å². The van der Waals surface area contributed by atoms with Crippen molar-refractivity contribution in [3.63, 3.8) is 0 Å². The van der Waals surface area contributed by atoms with Crippen LogP contribution in [0, 0.1) is 17.0 Å². The number of hydrogen-bond acceptors (Lipinski definition) is 6. The van der Waals surface area contributed by atoms with Gasteiger partial charge in [0.2, 0.25) is 0 Å². The summed E-state index contributed by atoms with van der Waals surface area (Å²) in [6.07, 6.45) is 7.16. The highest BCUT2D eigenvalue weighted by molar-refractivity contribution is 7.17. The van der Waals surface area contributed by atoms with Gasteiger partial charge in [0.15, 0.2) is 5.13 Å². The number of pyridine rings is 1. The molecule has 0 aromatic carbocycles. The van der Waals surface area contributed by atoms with Crippen LogP contribution in [0.3, 0.4) is 0 Å². The maximum absolute atomic E-state index is 15.1. The van der Waals surface area contributed by atoms with Gasteiger partial charge in [-0.2, -0.15) is 0 Å². The van der Waals surface area contributed by atoms with Gasteiger partial charge in [-0.15, -0.1) is 0 Å². The summed E-state index contributed by atoms with van der Waals surface area (Å²) >= 11 is 1.19. The number of nitrogens with one attached hydrogen (secondary N) is 1. The molecule has 0 bridgehead atoms. The van der Waals surface area contributed by atoms with Crippen LogP contribution >= 0.6 is 11.3 Å². The first-order chi connectivity index (χ1) is 15.4. The van der Waals surface area contributed by atoms with E-state index in [9.17, 15) is 13.6 Å². The molecule has 5 rings (SSSR count). The largest absolute Gasteiger partial charge is 0.346 e. The van der Waals surface area contributed by atoms with E-state index in [4.69, 9.17) is 0 Å². The Hall–Kier alpha value is -2.20. The molecule has 10 heteroatoms. The smallest absolute Gasteiger partial charge is 0.263 e. The first kappa shape index (κ1) is 21.6. The third-order valence-corrected chi connectivity index (χ3v) is 7.97. The highest BCUT2D eigenvalue weighted by Gasteiger charge is 2.48. The standard InChI is InChI=1S/C22H26F3N5OS/c23-14-8-15(24)17(26-9-14)10-27-20(31)19-11-28-21(32-19)29-7-2-18(16(25)12-29)30-6-1-3-22(13-30)4-5-22/h8-9,11,16,18H,1-7,10,12-13H2,(H,27,31). The number of likely N-dealkylation sites (tertiary alicyclic amines) is 1. The number of amides is 1. The van der Waals surface area contributed by atoms with Crippen molar-refractivity contribution >= 4 is 22.4 Å². The van der Waals surface area contributed by atoms with Crippen LogP contribution < -0.4 is 10.2 Å². The molecular weight excluding hydrogens is 439 g/mol. The van der Waals surface area contributed by atoms with Crippen molar-refractivity contribution in [2.75, 3.05) is 31.1 Å². The van der Waals surface area contributed by atoms with Crippen molar-refractivity contribution in [2.45, 2.75) is 50.9 Å². The lowest BCUT2D eigenvalue weighted by Gasteiger charge is -2.44. The summed E-state index contributed by atoms with van der Waals surface area (Å²) in [5.41, 5.74) is 0.427. The molecule has 2 aromatic rings. The molecule has 3 aliphatic rings. The number of alkyl halides is 1. The second-order valence-corrected chi connectivity index (χ2v) is 10.2. The van der Waals surface area contributed by atoms with Crippen molar-refractivity contribution in [1.29, 1.82) is 0 Å². The van der Waals surface area contributed by atoms with E-state index in [1.807, 2.05) is 4.90 Å². The van der Waals surface area contributed by atoms with E-state index in [0.717, 1.165) is 38.2 Å². The van der Waals surface area contributed by atoms with Gasteiger partial charge in [0.25, 0.3) is 5.91 Å². The minimum Gasteiger partial charge on any atom is -0.346 e. The molecule has 3 fully saturated rings.